The van der Waals surface area contributed by atoms with Crippen molar-refractivity contribution in [2.75, 3.05) is 14.2 Å². The van der Waals surface area contributed by atoms with Gasteiger partial charge in [-0.3, -0.25) is 14.7 Å². The molecule has 9 heteroatoms. The van der Waals surface area contributed by atoms with Crippen molar-refractivity contribution < 1.29 is 13.9 Å². The minimum absolute atomic E-state index is 0.0579. The number of rotatable bonds is 5. The molecule has 2 N–H and O–H groups in total. The Morgan fingerprint density at radius 3 is 2.63 bits per heavy atom. The fourth-order valence-corrected chi connectivity index (χ4v) is 3.49. The van der Waals surface area contributed by atoms with Gasteiger partial charge in [0.1, 0.15) is 12.4 Å². The van der Waals surface area contributed by atoms with Gasteiger partial charge in [-0.2, -0.15) is 10.2 Å². The van der Waals surface area contributed by atoms with E-state index in [9.17, 15) is 9.18 Å². The van der Waals surface area contributed by atoms with Crippen LogP contribution in [0.4, 0.5) is 4.39 Å². The highest BCUT2D eigenvalue weighted by atomic mass is 19.1. The number of pyridine rings is 1. The zero-order valence-electron chi connectivity index (χ0n) is 16.4. The lowest BCUT2D eigenvalue weighted by Crippen LogP contribution is -2.41. The van der Waals surface area contributed by atoms with E-state index in [2.05, 4.69) is 20.2 Å². The molecule has 0 saturated carbocycles. The van der Waals surface area contributed by atoms with E-state index in [4.69, 9.17) is 10.5 Å². The summed E-state index contributed by atoms with van der Waals surface area (Å²) in [7, 11) is 3.07. The molecule has 0 saturated heterocycles. The number of nitrogens with zero attached hydrogens (tertiary/aromatic N) is 5. The lowest BCUT2D eigenvalue weighted by atomic mass is 9.82. The zero-order chi connectivity index (χ0) is 21.3. The number of likely N-dealkylation sites (N-methyl/N-ethyl adjacent to an activating group) is 1. The minimum Gasteiger partial charge on any atom is -0.497 e. The Labute approximate surface area is 172 Å². The van der Waals surface area contributed by atoms with Gasteiger partial charge in [0.2, 0.25) is 0 Å². The van der Waals surface area contributed by atoms with Crippen LogP contribution in [0, 0.1) is 0 Å². The van der Waals surface area contributed by atoms with E-state index >= 15 is 0 Å². The number of amides is 1. The second-order valence-corrected chi connectivity index (χ2v) is 6.77. The van der Waals surface area contributed by atoms with Gasteiger partial charge in [0, 0.05) is 25.0 Å². The van der Waals surface area contributed by atoms with Crippen molar-refractivity contribution in [2.24, 2.45) is 10.7 Å². The average molecular weight is 406 g/mol. The first-order valence-corrected chi connectivity index (χ1v) is 9.12. The van der Waals surface area contributed by atoms with Crippen LogP contribution >= 0.6 is 0 Å². The molecular weight excluding hydrogens is 387 g/mol. The van der Waals surface area contributed by atoms with Crippen molar-refractivity contribution >= 4 is 11.9 Å². The Morgan fingerprint density at radius 1 is 1.17 bits per heavy atom. The predicted molar refractivity (Wildman–Crippen MR) is 108 cm³/mol. The van der Waals surface area contributed by atoms with E-state index in [1.54, 1.807) is 49.6 Å². The predicted octanol–water partition coefficient (Wildman–Crippen LogP) is 2.05. The number of hydrogen-bond donors (Lipinski definition) is 1. The van der Waals surface area contributed by atoms with E-state index in [1.165, 1.54) is 24.3 Å². The number of guanidine groups is 1. The number of benzene rings is 1. The number of carbonyl (C=O) groups is 1. The Balaban J connectivity index is 2.00. The first-order chi connectivity index (χ1) is 14.5. The Kier molecular flexibility index (Phi) is 4.86. The molecule has 1 amide bonds. The highest BCUT2D eigenvalue weighted by Gasteiger charge is 2.50. The standard InChI is InChI=1S/C21H19FN6O2/c1-28-19(29)21(26-20(28)23,14-5-7-24-16(10-14)12-22)15-8-13(9-17(11-15)30-2)18-4-3-6-25-27-18/h3-11H,12H2,1-2H3,(H2,23,26). The molecule has 152 valence electrons. The first kappa shape index (κ1) is 19.4. The highest BCUT2D eigenvalue weighted by molar-refractivity contribution is 6.09. The van der Waals surface area contributed by atoms with Gasteiger partial charge < -0.3 is 10.5 Å². The van der Waals surface area contributed by atoms with Crippen molar-refractivity contribution in [1.29, 1.82) is 0 Å². The van der Waals surface area contributed by atoms with Crippen LogP contribution in [0.25, 0.3) is 11.3 Å². The summed E-state index contributed by atoms with van der Waals surface area (Å²) >= 11 is 0. The lowest BCUT2D eigenvalue weighted by Gasteiger charge is -2.27. The molecule has 0 fully saturated rings. The number of ether oxygens (including phenoxy) is 1. The van der Waals surface area contributed by atoms with Crippen LogP contribution in [0.1, 0.15) is 16.8 Å². The van der Waals surface area contributed by atoms with Crippen LogP contribution in [0.5, 0.6) is 5.75 Å². The number of methoxy groups -OCH3 is 1. The number of nitrogens with two attached hydrogens (primary N) is 1. The maximum absolute atomic E-state index is 13.4. The van der Waals surface area contributed by atoms with Gasteiger partial charge in [-0.15, -0.1) is 0 Å². The topological polar surface area (TPSA) is 107 Å². The summed E-state index contributed by atoms with van der Waals surface area (Å²) in [5, 5.41) is 8.06. The molecular formula is C21H19FN6O2. The van der Waals surface area contributed by atoms with Gasteiger partial charge in [0.15, 0.2) is 11.5 Å². The Bertz CT molecular complexity index is 1140. The normalized spacial score (nSPS) is 18.4. The van der Waals surface area contributed by atoms with E-state index in [0.717, 1.165) is 0 Å². The van der Waals surface area contributed by atoms with E-state index in [1.807, 2.05) is 0 Å². The third kappa shape index (κ3) is 3.04. The third-order valence-electron chi connectivity index (χ3n) is 5.04. The summed E-state index contributed by atoms with van der Waals surface area (Å²) in [4.78, 5) is 23.2. The minimum atomic E-state index is -1.50. The SMILES string of the molecule is COc1cc(-c2cccnn2)cc(C2(c3ccnc(CF)c3)N=C(N)N(C)C2=O)c1. The fraction of sp³-hybridized carbons (Fsp3) is 0.190. The molecule has 1 aromatic carbocycles. The molecule has 4 rings (SSSR count). The maximum Gasteiger partial charge on any atom is 0.266 e. The Hall–Kier alpha value is -3.88. The van der Waals surface area contributed by atoms with Crippen molar-refractivity contribution in [3.8, 4) is 17.0 Å². The molecule has 8 nitrogen and oxygen atoms in total. The summed E-state index contributed by atoms with van der Waals surface area (Å²) in [6, 6.07) is 12.0. The summed E-state index contributed by atoms with van der Waals surface area (Å²) < 4.78 is 18.8. The number of hydrogen-bond acceptors (Lipinski definition) is 7. The second kappa shape index (κ2) is 7.51. The summed E-state index contributed by atoms with van der Waals surface area (Å²) in [5.41, 5.74) is 6.97. The third-order valence-corrected chi connectivity index (χ3v) is 5.04. The van der Waals surface area contributed by atoms with Crippen molar-refractivity contribution in [3.05, 3.63) is 71.7 Å². The molecule has 3 aromatic rings. The van der Waals surface area contributed by atoms with Gasteiger partial charge in [0.05, 0.1) is 18.5 Å². The number of aromatic nitrogens is 3. The second-order valence-electron chi connectivity index (χ2n) is 6.77. The van der Waals surface area contributed by atoms with Crippen LogP contribution in [0.15, 0.2) is 59.9 Å². The average Bonchev–Trinajstić information content (AvgIpc) is 3.04. The Morgan fingerprint density at radius 2 is 2.00 bits per heavy atom. The van der Waals surface area contributed by atoms with Crippen LogP contribution in [-0.2, 0) is 17.0 Å². The van der Waals surface area contributed by atoms with E-state index in [0.29, 0.717) is 28.1 Å². The van der Waals surface area contributed by atoms with Crippen LogP contribution < -0.4 is 10.5 Å². The van der Waals surface area contributed by atoms with Gasteiger partial charge >= 0.3 is 0 Å². The molecule has 0 spiro atoms. The molecule has 30 heavy (non-hydrogen) atoms. The molecule has 0 aliphatic carbocycles. The molecule has 1 atom stereocenters. The van der Waals surface area contributed by atoms with Crippen LogP contribution in [0.2, 0.25) is 0 Å². The van der Waals surface area contributed by atoms with E-state index < -0.39 is 12.2 Å². The quantitative estimate of drug-likeness (QED) is 0.695. The molecule has 1 aliphatic rings. The van der Waals surface area contributed by atoms with Crippen LogP contribution in [-0.4, -0.2) is 46.1 Å². The number of alkyl halides is 1. The van der Waals surface area contributed by atoms with Crippen molar-refractivity contribution in [3.63, 3.8) is 0 Å². The number of carbonyl (C=O) groups excluding carboxylic acids is 1. The molecule has 1 unspecified atom stereocenters. The fourth-order valence-electron chi connectivity index (χ4n) is 3.49. The zero-order valence-corrected chi connectivity index (χ0v) is 16.4. The maximum atomic E-state index is 13.4. The summed E-state index contributed by atoms with van der Waals surface area (Å²) in [5.74, 6) is 0.195. The molecule has 3 heterocycles. The monoisotopic (exact) mass is 406 g/mol. The van der Waals surface area contributed by atoms with Gasteiger partial charge in [-0.1, -0.05) is 0 Å². The van der Waals surface area contributed by atoms with Gasteiger partial charge in [-0.25, -0.2) is 9.38 Å². The smallest absolute Gasteiger partial charge is 0.266 e. The van der Waals surface area contributed by atoms with Crippen molar-refractivity contribution in [2.45, 2.75) is 12.2 Å². The summed E-state index contributed by atoms with van der Waals surface area (Å²) in [6.45, 7) is -0.768. The molecule has 1 aliphatic heterocycles. The molecule has 2 aromatic heterocycles. The van der Waals surface area contributed by atoms with Crippen molar-refractivity contribution in [1.82, 2.24) is 20.1 Å². The molecule has 0 bridgehead atoms. The largest absolute Gasteiger partial charge is 0.497 e. The van der Waals surface area contributed by atoms with E-state index in [-0.39, 0.29) is 17.6 Å². The van der Waals surface area contributed by atoms with Gasteiger partial charge in [-0.05, 0) is 53.6 Å². The molecule has 0 radical (unpaired) electrons. The van der Waals surface area contributed by atoms with Gasteiger partial charge in [0.25, 0.3) is 5.91 Å². The lowest BCUT2D eigenvalue weighted by molar-refractivity contribution is -0.129. The number of halogens is 1. The number of aliphatic imine (C=N–C) groups is 1. The van der Waals surface area contributed by atoms with Crippen LogP contribution in [0.3, 0.4) is 0 Å². The summed E-state index contributed by atoms with van der Waals surface area (Å²) in [6.07, 6.45) is 3.02. The first-order valence-electron chi connectivity index (χ1n) is 9.12. The highest BCUT2D eigenvalue weighted by Crippen LogP contribution is 2.42.